The van der Waals surface area contributed by atoms with Gasteiger partial charge in [0.05, 0.1) is 46.5 Å². The average Bonchev–Trinajstić information content (AvgIpc) is 3.20. The maximum absolute atomic E-state index is 10.6. The molecule has 50 heavy (non-hydrogen) atoms. The third kappa shape index (κ3) is 5.57. The molecule has 0 aliphatic heterocycles. The molecule has 0 unspecified atom stereocenters. The highest BCUT2D eigenvalue weighted by atomic mass is 14.3. The van der Waals surface area contributed by atoms with Crippen LogP contribution in [0.15, 0.2) is 158 Å². The van der Waals surface area contributed by atoms with Gasteiger partial charge >= 0.3 is 0 Å². The minimum absolute atomic E-state index is 0.497. The van der Waals surface area contributed by atoms with Crippen molar-refractivity contribution in [1.29, 1.82) is 21.0 Å². The van der Waals surface area contributed by atoms with Crippen LogP contribution in [0.1, 0.15) is 22.3 Å². The third-order valence-electron chi connectivity index (χ3n) is 8.86. The molecule has 0 amide bonds. The van der Waals surface area contributed by atoms with Crippen molar-refractivity contribution in [2.45, 2.75) is 0 Å². The van der Waals surface area contributed by atoms with E-state index in [9.17, 15) is 21.0 Å². The van der Waals surface area contributed by atoms with Gasteiger partial charge in [-0.25, -0.2) is 0 Å². The van der Waals surface area contributed by atoms with E-state index >= 15 is 0 Å². The summed E-state index contributed by atoms with van der Waals surface area (Å²) in [6.45, 7) is 0. The van der Waals surface area contributed by atoms with E-state index in [4.69, 9.17) is 0 Å². The predicted octanol–water partition coefficient (Wildman–Crippen LogP) is 11.2. The molecule has 0 aliphatic carbocycles. The zero-order valence-electron chi connectivity index (χ0n) is 26.8. The van der Waals surface area contributed by atoms with Gasteiger partial charge < -0.3 is 0 Å². The third-order valence-corrected chi connectivity index (χ3v) is 8.86. The number of hydrogen-bond acceptors (Lipinski definition) is 4. The number of nitrogens with zero attached hydrogens (tertiary/aromatic N) is 4. The molecule has 0 aromatic heterocycles. The zero-order chi connectivity index (χ0) is 34.5. The zero-order valence-corrected chi connectivity index (χ0v) is 26.8. The first-order chi connectivity index (χ1) is 24.7. The van der Waals surface area contributed by atoms with E-state index in [2.05, 4.69) is 48.5 Å². The molecule has 230 valence electrons. The van der Waals surface area contributed by atoms with Gasteiger partial charge in [-0.1, -0.05) is 121 Å². The summed E-state index contributed by atoms with van der Waals surface area (Å²) in [5, 5.41) is 40.6. The Labute approximate surface area is 291 Å². The second-order valence-electron chi connectivity index (χ2n) is 11.7. The molecule has 0 radical (unpaired) electrons. The monoisotopic (exact) mass is 634 g/mol. The van der Waals surface area contributed by atoms with E-state index in [0.29, 0.717) is 22.3 Å². The van der Waals surface area contributed by atoms with E-state index < -0.39 is 0 Å². The second-order valence-corrected chi connectivity index (χ2v) is 11.7. The molecule has 0 atom stereocenters. The lowest BCUT2D eigenvalue weighted by atomic mass is 9.73. The normalized spacial score (nSPS) is 10.3. The minimum Gasteiger partial charge on any atom is -0.192 e. The predicted molar refractivity (Wildman–Crippen MR) is 198 cm³/mol. The average molecular weight is 635 g/mol. The Morgan fingerprint density at radius 1 is 0.260 bits per heavy atom. The van der Waals surface area contributed by atoms with Gasteiger partial charge in [0.15, 0.2) is 0 Å². The quantitative estimate of drug-likeness (QED) is 0.182. The first kappa shape index (κ1) is 31.1. The van der Waals surface area contributed by atoms with Gasteiger partial charge in [0.2, 0.25) is 0 Å². The van der Waals surface area contributed by atoms with Crippen LogP contribution in [0, 0.1) is 45.3 Å². The van der Waals surface area contributed by atoms with Crippen LogP contribution in [0.5, 0.6) is 0 Å². The molecule has 7 aromatic rings. The lowest BCUT2D eigenvalue weighted by Gasteiger charge is -2.29. The number of benzene rings is 7. The summed E-state index contributed by atoms with van der Waals surface area (Å²) in [6, 6.07) is 59.8. The van der Waals surface area contributed by atoms with Gasteiger partial charge in [0, 0.05) is 11.1 Å². The molecule has 0 aliphatic rings. The molecule has 0 heterocycles. The summed E-state index contributed by atoms with van der Waals surface area (Å²) >= 11 is 0. The maximum atomic E-state index is 10.6. The fourth-order valence-corrected chi connectivity index (χ4v) is 6.67. The van der Waals surface area contributed by atoms with Gasteiger partial charge in [-0.3, -0.25) is 0 Å². The summed E-state index contributed by atoms with van der Waals surface area (Å²) in [6.07, 6.45) is 0. The molecule has 0 spiro atoms. The Hall–Kier alpha value is -7.50. The van der Waals surface area contributed by atoms with Crippen molar-refractivity contribution in [2.75, 3.05) is 0 Å². The van der Waals surface area contributed by atoms with E-state index in [1.807, 2.05) is 133 Å². The van der Waals surface area contributed by atoms with E-state index in [0.717, 1.165) is 66.8 Å². The van der Waals surface area contributed by atoms with Crippen molar-refractivity contribution < 1.29 is 0 Å². The summed E-state index contributed by atoms with van der Waals surface area (Å²) in [5.74, 6) is 0. The second kappa shape index (κ2) is 13.7. The molecular formula is C46H26N4. The van der Waals surface area contributed by atoms with Crippen LogP contribution in [0.25, 0.3) is 66.8 Å². The molecule has 0 saturated carbocycles. The Morgan fingerprint density at radius 3 is 0.900 bits per heavy atom. The summed E-state index contributed by atoms with van der Waals surface area (Å²) in [7, 11) is 0. The number of hydrogen-bond donors (Lipinski definition) is 0. The Kier molecular flexibility index (Phi) is 8.52. The molecule has 0 saturated heterocycles. The van der Waals surface area contributed by atoms with Crippen LogP contribution in [0.2, 0.25) is 0 Å². The highest BCUT2D eigenvalue weighted by Crippen LogP contribution is 2.56. The Morgan fingerprint density at radius 2 is 0.560 bits per heavy atom. The van der Waals surface area contributed by atoms with Gasteiger partial charge in [0.25, 0.3) is 0 Å². The number of rotatable bonds is 6. The lowest BCUT2D eigenvalue weighted by Crippen LogP contribution is -2.03. The largest absolute Gasteiger partial charge is 0.192 e. The first-order valence-electron chi connectivity index (χ1n) is 16.0. The molecule has 4 heteroatoms. The summed E-state index contributed by atoms with van der Waals surface area (Å²) in [4.78, 5) is 0. The summed E-state index contributed by atoms with van der Waals surface area (Å²) in [5.41, 5.74) is 12.3. The van der Waals surface area contributed by atoms with Crippen LogP contribution in [0.4, 0.5) is 0 Å². The van der Waals surface area contributed by atoms with E-state index in [-0.39, 0.29) is 0 Å². The van der Waals surface area contributed by atoms with Crippen molar-refractivity contribution in [3.8, 4) is 91.0 Å². The fourth-order valence-electron chi connectivity index (χ4n) is 6.67. The Balaban J connectivity index is 1.86. The first-order valence-corrected chi connectivity index (χ1v) is 16.0. The van der Waals surface area contributed by atoms with E-state index in [1.54, 1.807) is 0 Å². The minimum atomic E-state index is 0.497. The molecule has 0 N–H and O–H groups in total. The van der Waals surface area contributed by atoms with Gasteiger partial charge in [0.1, 0.15) is 0 Å². The van der Waals surface area contributed by atoms with Crippen LogP contribution >= 0.6 is 0 Å². The standard InChI is InChI=1S/C46H26N4/c47-27-31-19-23-35(24-20-31)41-42(36-25-21-32(28-48)22-26-36)44(34-13-5-2-6-14-34)46(40-18-10-8-16-38(40)30-50)45(39-17-9-7-15-37(39)29-49)43(41)33-11-3-1-4-12-33/h1-26H. The maximum Gasteiger partial charge on any atom is 0.0998 e. The molecule has 4 nitrogen and oxygen atoms in total. The fraction of sp³-hybridized carbons (Fsp3) is 0. The van der Waals surface area contributed by atoms with Crippen LogP contribution in [-0.4, -0.2) is 0 Å². The van der Waals surface area contributed by atoms with Crippen molar-refractivity contribution >= 4 is 0 Å². The highest BCUT2D eigenvalue weighted by Gasteiger charge is 2.30. The number of nitriles is 4. The molecule has 7 aromatic carbocycles. The molecule has 7 rings (SSSR count). The van der Waals surface area contributed by atoms with Gasteiger partial charge in [-0.05, 0) is 92.0 Å². The highest BCUT2D eigenvalue weighted by molar-refractivity contribution is 6.15. The SMILES string of the molecule is N#Cc1ccc(-c2c(-c3ccc(C#N)cc3)c(-c3ccccc3)c(-c3ccccc3C#N)c(-c3ccccc3C#N)c2-c2ccccc2)cc1. The van der Waals surface area contributed by atoms with Crippen molar-refractivity contribution in [1.82, 2.24) is 0 Å². The Bertz CT molecular complexity index is 2360. The van der Waals surface area contributed by atoms with Crippen molar-refractivity contribution in [3.05, 3.63) is 180 Å². The van der Waals surface area contributed by atoms with Gasteiger partial charge in [-0.15, -0.1) is 0 Å². The van der Waals surface area contributed by atoms with Crippen molar-refractivity contribution in [3.63, 3.8) is 0 Å². The molecule has 0 fully saturated rings. The van der Waals surface area contributed by atoms with E-state index in [1.165, 1.54) is 0 Å². The van der Waals surface area contributed by atoms with Crippen molar-refractivity contribution in [2.24, 2.45) is 0 Å². The van der Waals surface area contributed by atoms with Crippen LogP contribution in [0.3, 0.4) is 0 Å². The van der Waals surface area contributed by atoms with Gasteiger partial charge in [-0.2, -0.15) is 21.0 Å². The smallest absolute Gasteiger partial charge is 0.0998 e. The molecular weight excluding hydrogens is 609 g/mol. The van der Waals surface area contributed by atoms with Crippen LogP contribution in [-0.2, 0) is 0 Å². The topological polar surface area (TPSA) is 95.2 Å². The van der Waals surface area contributed by atoms with Crippen LogP contribution < -0.4 is 0 Å². The lowest BCUT2D eigenvalue weighted by molar-refractivity contribution is 1.45. The summed E-state index contributed by atoms with van der Waals surface area (Å²) < 4.78 is 0. The molecule has 0 bridgehead atoms.